The summed E-state index contributed by atoms with van der Waals surface area (Å²) in [5.41, 5.74) is 10.2. The molecule has 1 aromatic heterocycles. The van der Waals surface area contributed by atoms with Crippen molar-refractivity contribution in [3.8, 4) is 0 Å². The van der Waals surface area contributed by atoms with E-state index in [1.807, 2.05) is 24.3 Å². The Labute approximate surface area is 167 Å². The van der Waals surface area contributed by atoms with E-state index >= 15 is 0 Å². The molecule has 3 aromatic carbocycles. The standard InChI is InChI=1S/C20H17ClN4O2S/c1-28(26,27)25-13-8-6-12(7-9-13)23-20-14-4-2-3-5-18(14)24-19-11-16(21)17(22)10-15(19)20/h2-11,25H,22H2,1H3,(H,23,24). The molecule has 0 bridgehead atoms. The number of fused-ring (bicyclic) bond motifs is 2. The lowest BCUT2D eigenvalue weighted by Crippen LogP contribution is -2.09. The molecule has 0 aliphatic rings. The Bertz CT molecular complexity index is 1310. The summed E-state index contributed by atoms with van der Waals surface area (Å²) >= 11 is 6.18. The van der Waals surface area contributed by atoms with Gasteiger partial charge in [0.25, 0.3) is 0 Å². The van der Waals surface area contributed by atoms with Crippen LogP contribution in [0.4, 0.5) is 22.7 Å². The van der Waals surface area contributed by atoms with E-state index in [1.54, 1.807) is 36.4 Å². The molecule has 4 N–H and O–H groups in total. The van der Waals surface area contributed by atoms with Crippen molar-refractivity contribution in [2.45, 2.75) is 0 Å². The van der Waals surface area contributed by atoms with Crippen molar-refractivity contribution >= 4 is 66.2 Å². The van der Waals surface area contributed by atoms with Crippen molar-refractivity contribution in [1.82, 2.24) is 4.98 Å². The molecule has 4 aromatic rings. The van der Waals surface area contributed by atoms with Crippen molar-refractivity contribution in [3.63, 3.8) is 0 Å². The monoisotopic (exact) mass is 412 g/mol. The van der Waals surface area contributed by atoms with Crippen LogP contribution in [0.25, 0.3) is 21.8 Å². The Balaban J connectivity index is 1.83. The number of sulfonamides is 1. The summed E-state index contributed by atoms with van der Waals surface area (Å²) in [4.78, 5) is 4.68. The summed E-state index contributed by atoms with van der Waals surface area (Å²) in [6.07, 6.45) is 1.12. The first-order valence-electron chi connectivity index (χ1n) is 8.42. The predicted octanol–water partition coefficient (Wildman–Crippen LogP) is 4.74. The first-order valence-corrected chi connectivity index (χ1v) is 10.7. The Kier molecular flexibility index (Phi) is 4.49. The van der Waals surface area contributed by atoms with Crippen LogP contribution in [0.5, 0.6) is 0 Å². The number of para-hydroxylation sites is 1. The number of nitrogen functional groups attached to an aromatic ring is 1. The highest BCUT2D eigenvalue weighted by Gasteiger charge is 2.12. The molecule has 142 valence electrons. The number of halogens is 1. The lowest BCUT2D eigenvalue weighted by molar-refractivity contribution is 0.607. The molecular weight excluding hydrogens is 396 g/mol. The number of aromatic nitrogens is 1. The highest BCUT2D eigenvalue weighted by Crippen LogP contribution is 2.36. The molecule has 0 saturated carbocycles. The van der Waals surface area contributed by atoms with Gasteiger partial charge in [-0.15, -0.1) is 0 Å². The Morgan fingerprint density at radius 1 is 0.929 bits per heavy atom. The summed E-state index contributed by atoms with van der Waals surface area (Å²) in [6.45, 7) is 0. The van der Waals surface area contributed by atoms with Crippen LogP contribution < -0.4 is 15.8 Å². The quantitative estimate of drug-likeness (QED) is 0.332. The van der Waals surface area contributed by atoms with Crippen molar-refractivity contribution < 1.29 is 8.42 Å². The van der Waals surface area contributed by atoms with Gasteiger partial charge in [0.2, 0.25) is 10.0 Å². The summed E-state index contributed by atoms with van der Waals surface area (Å²) in [7, 11) is -3.32. The molecule has 6 nitrogen and oxygen atoms in total. The van der Waals surface area contributed by atoms with Crippen LogP contribution >= 0.6 is 11.6 Å². The molecule has 0 amide bonds. The minimum atomic E-state index is -3.32. The third-order valence-corrected chi connectivity index (χ3v) is 5.19. The van der Waals surface area contributed by atoms with Gasteiger partial charge in [0.15, 0.2) is 0 Å². The number of anilines is 4. The molecule has 0 spiro atoms. The summed E-state index contributed by atoms with van der Waals surface area (Å²) in [5, 5.41) is 5.65. The third-order valence-electron chi connectivity index (χ3n) is 4.26. The van der Waals surface area contributed by atoms with E-state index in [0.29, 0.717) is 16.4 Å². The maximum absolute atomic E-state index is 11.4. The SMILES string of the molecule is CS(=O)(=O)Nc1ccc(Nc2c3ccccc3nc3cc(Cl)c(N)cc23)cc1. The topological polar surface area (TPSA) is 97.1 Å². The molecule has 28 heavy (non-hydrogen) atoms. The zero-order valence-electron chi connectivity index (χ0n) is 14.9. The van der Waals surface area contributed by atoms with Gasteiger partial charge in [0.1, 0.15) is 0 Å². The number of nitrogens with one attached hydrogen (secondary N) is 2. The highest BCUT2D eigenvalue weighted by molar-refractivity contribution is 7.92. The first-order chi connectivity index (χ1) is 13.3. The van der Waals surface area contributed by atoms with E-state index < -0.39 is 10.0 Å². The van der Waals surface area contributed by atoms with E-state index in [4.69, 9.17) is 17.3 Å². The second kappa shape index (κ2) is 6.85. The molecule has 8 heteroatoms. The van der Waals surface area contributed by atoms with E-state index in [1.165, 1.54) is 0 Å². The maximum Gasteiger partial charge on any atom is 0.229 e. The van der Waals surface area contributed by atoms with Gasteiger partial charge in [0.05, 0.1) is 33.7 Å². The van der Waals surface area contributed by atoms with Crippen molar-refractivity contribution in [3.05, 3.63) is 65.7 Å². The number of hydrogen-bond donors (Lipinski definition) is 3. The minimum absolute atomic E-state index is 0.456. The predicted molar refractivity (Wildman–Crippen MR) is 117 cm³/mol. The number of hydrogen-bond acceptors (Lipinski definition) is 5. The fraction of sp³-hybridized carbons (Fsp3) is 0.0500. The number of pyridine rings is 1. The van der Waals surface area contributed by atoms with E-state index in [2.05, 4.69) is 15.0 Å². The normalized spacial score (nSPS) is 11.6. The summed E-state index contributed by atoms with van der Waals surface area (Å²) < 4.78 is 25.2. The molecule has 0 fully saturated rings. The van der Waals surface area contributed by atoms with E-state index in [9.17, 15) is 8.42 Å². The van der Waals surface area contributed by atoms with Crippen LogP contribution in [0, 0.1) is 0 Å². The van der Waals surface area contributed by atoms with Gasteiger partial charge in [-0.05, 0) is 42.5 Å². The van der Waals surface area contributed by atoms with Gasteiger partial charge in [-0.3, -0.25) is 4.72 Å². The van der Waals surface area contributed by atoms with Crippen molar-refractivity contribution in [2.24, 2.45) is 0 Å². The van der Waals surface area contributed by atoms with Crippen LogP contribution in [0.1, 0.15) is 0 Å². The second-order valence-electron chi connectivity index (χ2n) is 6.47. The lowest BCUT2D eigenvalue weighted by Gasteiger charge is -2.15. The Morgan fingerprint density at radius 3 is 2.32 bits per heavy atom. The lowest BCUT2D eigenvalue weighted by atomic mass is 10.1. The summed E-state index contributed by atoms with van der Waals surface area (Å²) in [5.74, 6) is 0. The number of rotatable bonds is 4. The van der Waals surface area contributed by atoms with Crippen LogP contribution in [-0.2, 0) is 10.0 Å². The zero-order chi connectivity index (χ0) is 19.9. The number of nitrogens with zero attached hydrogens (tertiary/aromatic N) is 1. The molecule has 0 aliphatic heterocycles. The number of benzene rings is 3. The molecule has 0 aliphatic carbocycles. The second-order valence-corrected chi connectivity index (χ2v) is 8.63. The maximum atomic E-state index is 11.4. The van der Waals surface area contributed by atoms with Crippen LogP contribution in [0.2, 0.25) is 5.02 Å². The molecule has 0 unspecified atom stereocenters. The number of nitrogens with two attached hydrogens (primary N) is 1. The largest absolute Gasteiger partial charge is 0.398 e. The van der Waals surface area contributed by atoms with Gasteiger partial charge in [0, 0.05) is 22.1 Å². The smallest absolute Gasteiger partial charge is 0.229 e. The van der Waals surface area contributed by atoms with Gasteiger partial charge < -0.3 is 11.1 Å². The van der Waals surface area contributed by atoms with Crippen LogP contribution in [-0.4, -0.2) is 19.7 Å². The average Bonchev–Trinajstić information content (AvgIpc) is 2.63. The highest BCUT2D eigenvalue weighted by atomic mass is 35.5. The molecule has 0 atom stereocenters. The van der Waals surface area contributed by atoms with Gasteiger partial charge >= 0.3 is 0 Å². The summed E-state index contributed by atoms with van der Waals surface area (Å²) in [6, 6.07) is 18.3. The van der Waals surface area contributed by atoms with Gasteiger partial charge in [-0.1, -0.05) is 29.8 Å². The minimum Gasteiger partial charge on any atom is -0.398 e. The molecular formula is C20H17ClN4O2S. The van der Waals surface area contributed by atoms with Gasteiger partial charge in [-0.2, -0.15) is 0 Å². The third kappa shape index (κ3) is 3.67. The molecule has 0 radical (unpaired) electrons. The van der Waals surface area contributed by atoms with E-state index in [0.717, 1.165) is 39.4 Å². The fourth-order valence-electron chi connectivity index (χ4n) is 3.04. The molecule has 1 heterocycles. The Hall–Kier alpha value is -3.03. The van der Waals surface area contributed by atoms with Crippen LogP contribution in [0.15, 0.2) is 60.7 Å². The van der Waals surface area contributed by atoms with Crippen molar-refractivity contribution in [1.29, 1.82) is 0 Å². The Morgan fingerprint density at radius 2 is 1.61 bits per heavy atom. The molecule has 4 rings (SSSR count). The molecule has 0 saturated heterocycles. The van der Waals surface area contributed by atoms with E-state index in [-0.39, 0.29) is 0 Å². The zero-order valence-corrected chi connectivity index (χ0v) is 16.5. The average molecular weight is 413 g/mol. The van der Waals surface area contributed by atoms with Gasteiger partial charge in [-0.25, -0.2) is 13.4 Å². The first kappa shape index (κ1) is 18.3. The fourth-order valence-corrected chi connectivity index (χ4v) is 3.77. The van der Waals surface area contributed by atoms with Crippen molar-refractivity contribution in [2.75, 3.05) is 22.0 Å². The van der Waals surface area contributed by atoms with Crippen LogP contribution in [0.3, 0.4) is 0 Å².